The van der Waals surface area contributed by atoms with Gasteiger partial charge in [0.25, 0.3) is 0 Å². The number of ether oxygens (including phenoxy) is 1. The number of aliphatic hydroxyl groups is 1. The van der Waals surface area contributed by atoms with Crippen LogP contribution in [-0.4, -0.2) is 45.0 Å². The molecule has 8 atom stereocenters. The maximum absolute atomic E-state index is 13.7. The molecule has 0 saturated heterocycles. The van der Waals surface area contributed by atoms with E-state index in [0.29, 0.717) is 42.1 Å². The molecule has 6 heteroatoms. The normalized spacial score (nSPS) is 42.1. The van der Waals surface area contributed by atoms with Gasteiger partial charge in [0.2, 0.25) is 0 Å². The molecule has 2 heterocycles. The second-order valence-corrected chi connectivity index (χ2v) is 13.3. The lowest BCUT2D eigenvalue weighted by Gasteiger charge is -2.62. The molecule has 0 unspecified atom stereocenters. The largest absolute Gasteiger partial charge is 0.387 e. The first kappa shape index (κ1) is 24.5. The number of carbonyl (C=O) groups is 1. The van der Waals surface area contributed by atoms with Crippen molar-refractivity contribution in [1.82, 2.24) is 14.8 Å². The maximum Gasteiger partial charge on any atom is 0.157 e. The van der Waals surface area contributed by atoms with Gasteiger partial charge in [-0.2, -0.15) is 5.10 Å². The van der Waals surface area contributed by atoms with Gasteiger partial charge in [0.05, 0.1) is 30.1 Å². The molecule has 36 heavy (non-hydrogen) atoms. The lowest BCUT2D eigenvalue weighted by atomic mass is 9.44. The third kappa shape index (κ3) is 3.69. The number of Topliss-reactive ketones (excluding diaryl/α,β-unsaturated/α-hetero) is 1. The van der Waals surface area contributed by atoms with Crippen molar-refractivity contribution < 1.29 is 14.6 Å². The monoisotopic (exact) mass is 493 g/mol. The molecule has 0 spiro atoms. The first-order valence-electron chi connectivity index (χ1n) is 14.2. The van der Waals surface area contributed by atoms with E-state index in [-0.39, 0.29) is 11.3 Å². The lowest BCUT2D eigenvalue weighted by Crippen LogP contribution is -2.57. The second kappa shape index (κ2) is 8.62. The van der Waals surface area contributed by atoms with E-state index >= 15 is 0 Å². The molecule has 0 bridgehead atoms. The summed E-state index contributed by atoms with van der Waals surface area (Å²) in [6.45, 7) is 7.76. The summed E-state index contributed by atoms with van der Waals surface area (Å²) < 4.78 is 7.25. The molecule has 1 N–H and O–H groups in total. The average Bonchev–Trinajstić information content (AvgIpc) is 3.39. The Morgan fingerprint density at radius 3 is 2.69 bits per heavy atom. The van der Waals surface area contributed by atoms with E-state index in [1.807, 2.05) is 30.1 Å². The second-order valence-electron chi connectivity index (χ2n) is 13.3. The Balaban J connectivity index is 1.19. The van der Waals surface area contributed by atoms with Gasteiger partial charge in [-0.1, -0.05) is 13.8 Å². The van der Waals surface area contributed by atoms with Crippen LogP contribution in [0, 0.1) is 47.3 Å². The summed E-state index contributed by atoms with van der Waals surface area (Å²) in [6.07, 6.45) is 13.6. The summed E-state index contributed by atoms with van der Waals surface area (Å²) in [5.41, 5.74) is 1.69. The van der Waals surface area contributed by atoms with E-state index in [2.05, 4.69) is 23.9 Å². The van der Waals surface area contributed by atoms with E-state index in [0.717, 1.165) is 54.6 Å². The van der Waals surface area contributed by atoms with Crippen molar-refractivity contribution in [2.24, 2.45) is 40.4 Å². The fourth-order valence-corrected chi connectivity index (χ4v) is 9.72. The number of hydrogen-bond donors (Lipinski definition) is 1. The van der Waals surface area contributed by atoms with Gasteiger partial charge in [-0.3, -0.25) is 14.5 Å². The molecular weight excluding hydrogens is 450 g/mol. The van der Waals surface area contributed by atoms with Crippen LogP contribution in [0.5, 0.6) is 0 Å². The molecule has 6 rings (SSSR count). The van der Waals surface area contributed by atoms with Crippen molar-refractivity contribution >= 4 is 16.7 Å². The van der Waals surface area contributed by atoms with Crippen LogP contribution < -0.4 is 0 Å². The molecule has 2 aromatic heterocycles. The van der Waals surface area contributed by atoms with Gasteiger partial charge in [-0.25, -0.2) is 0 Å². The topological polar surface area (TPSA) is 77.2 Å². The van der Waals surface area contributed by atoms with Crippen LogP contribution in [0.25, 0.3) is 10.9 Å². The van der Waals surface area contributed by atoms with Crippen LogP contribution in [0.3, 0.4) is 0 Å². The molecule has 6 nitrogen and oxygen atoms in total. The Hall–Kier alpha value is -1.79. The molecule has 4 saturated carbocycles. The van der Waals surface area contributed by atoms with Crippen LogP contribution in [0.1, 0.15) is 77.3 Å². The molecule has 0 aliphatic heterocycles. The quantitative estimate of drug-likeness (QED) is 0.608. The predicted octanol–water partition coefficient (Wildman–Crippen LogP) is 5.35. The highest BCUT2D eigenvalue weighted by atomic mass is 16.5. The van der Waals surface area contributed by atoms with Gasteiger partial charge in [0.15, 0.2) is 5.78 Å². The summed E-state index contributed by atoms with van der Waals surface area (Å²) in [7, 11) is 1.70. The van der Waals surface area contributed by atoms with Crippen molar-refractivity contribution in [1.29, 1.82) is 0 Å². The first-order valence-corrected chi connectivity index (χ1v) is 14.2. The first-order chi connectivity index (χ1) is 17.2. The number of fused-ring (bicyclic) bond motifs is 6. The van der Waals surface area contributed by atoms with Gasteiger partial charge in [0.1, 0.15) is 6.54 Å². The smallest absolute Gasteiger partial charge is 0.157 e. The minimum Gasteiger partial charge on any atom is -0.387 e. The van der Waals surface area contributed by atoms with Crippen LogP contribution >= 0.6 is 0 Å². The zero-order valence-corrected chi connectivity index (χ0v) is 22.5. The number of ketones is 1. The molecule has 0 amide bonds. The van der Waals surface area contributed by atoms with Crippen LogP contribution in [0.2, 0.25) is 0 Å². The highest BCUT2D eigenvalue weighted by Gasteiger charge is 2.62. The summed E-state index contributed by atoms with van der Waals surface area (Å²) in [4.78, 5) is 18.2. The van der Waals surface area contributed by atoms with Gasteiger partial charge >= 0.3 is 0 Å². The Labute approximate surface area is 215 Å². The summed E-state index contributed by atoms with van der Waals surface area (Å²) in [5.74, 6) is 3.15. The summed E-state index contributed by atoms with van der Waals surface area (Å²) in [5, 5.41) is 16.7. The fraction of sp³-hybridized carbons (Fsp3) is 0.767. The number of rotatable bonds is 5. The third-order valence-electron chi connectivity index (χ3n) is 11.6. The number of hydrogen-bond acceptors (Lipinski definition) is 5. The van der Waals surface area contributed by atoms with Crippen LogP contribution in [-0.2, 0) is 16.1 Å². The van der Waals surface area contributed by atoms with Gasteiger partial charge in [-0.15, -0.1) is 0 Å². The fourth-order valence-electron chi connectivity index (χ4n) is 9.72. The standard InChI is InChI=1S/C30H43N3O3/c1-19-13-20-15-32-33(26(20)16-31-19)17-27(34)25-8-7-23-22-6-5-21-14-30(35,18-36-4)12-11-28(21,2)24(22)9-10-29(23,25)3/h13,15-16,21-25,35H,5-12,14,17-18H2,1-4H3/t21-,22+,23+,24+,25-,28+,29+,30-/m1/s1. The third-order valence-corrected chi connectivity index (χ3v) is 11.6. The van der Waals surface area contributed by atoms with Crippen molar-refractivity contribution in [3.63, 3.8) is 0 Å². The van der Waals surface area contributed by atoms with E-state index < -0.39 is 5.60 Å². The highest BCUT2D eigenvalue weighted by Crippen LogP contribution is 2.68. The van der Waals surface area contributed by atoms with Gasteiger partial charge < -0.3 is 9.84 Å². The van der Waals surface area contributed by atoms with E-state index in [9.17, 15) is 9.90 Å². The molecule has 4 fully saturated rings. The van der Waals surface area contributed by atoms with Gasteiger partial charge in [-0.05, 0) is 105 Å². The summed E-state index contributed by atoms with van der Waals surface area (Å²) >= 11 is 0. The van der Waals surface area contributed by atoms with E-state index in [1.54, 1.807) is 7.11 Å². The molecule has 2 aromatic rings. The minimum atomic E-state index is -0.648. The number of methoxy groups -OCH3 is 1. The van der Waals surface area contributed by atoms with E-state index in [1.165, 1.54) is 25.7 Å². The van der Waals surface area contributed by atoms with Crippen molar-refractivity contribution in [2.75, 3.05) is 13.7 Å². The van der Waals surface area contributed by atoms with Crippen molar-refractivity contribution in [2.45, 2.75) is 90.7 Å². The molecular formula is C30H43N3O3. The van der Waals surface area contributed by atoms with E-state index in [4.69, 9.17) is 4.74 Å². The number of aromatic nitrogens is 3. The van der Waals surface area contributed by atoms with Crippen molar-refractivity contribution in [3.05, 3.63) is 24.2 Å². The predicted molar refractivity (Wildman–Crippen MR) is 139 cm³/mol. The Morgan fingerprint density at radius 1 is 1.08 bits per heavy atom. The Bertz CT molecular complexity index is 1160. The number of carbonyl (C=O) groups excluding carboxylic acids is 1. The number of aryl methyl sites for hydroxylation is 1. The SMILES string of the molecule is COC[C@@]1(O)CC[C@@]2(C)[C@H](CC[C@@H]3[C@@H]2CC[C@]2(C)[C@@H](C(=O)Cn4ncc5cc(C)ncc54)CC[C@@H]32)C1. The number of pyridine rings is 1. The molecule has 4 aliphatic rings. The summed E-state index contributed by atoms with van der Waals surface area (Å²) in [6, 6.07) is 2.04. The van der Waals surface area contributed by atoms with Crippen LogP contribution in [0.15, 0.2) is 18.5 Å². The zero-order valence-electron chi connectivity index (χ0n) is 22.5. The molecule has 196 valence electrons. The zero-order chi connectivity index (χ0) is 25.3. The number of nitrogens with zero attached hydrogens (tertiary/aromatic N) is 3. The Kier molecular flexibility index (Phi) is 5.88. The van der Waals surface area contributed by atoms with Gasteiger partial charge in [0, 0.05) is 24.1 Å². The minimum absolute atomic E-state index is 0.102. The highest BCUT2D eigenvalue weighted by molar-refractivity contribution is 5.85. The average molecular weight is 494 g/mol. The maximum atomic E-state index is 13.7. The lowest BCUT2D eigenvalue weighted by molar-refractivity contribution is -0.164. The van der Waals surface area contributed by atoms with Crippen molar-refractivity contribution in [3.8, 4) is 0 Å². The van der Waals surface area contributed by atoms with Crippen LogP contribution in [0.4, 0.5) is 0 Å². The molecule has 4 aliphatic carbocycles. The molecule has 0 aromatic carbocycles. The Morgan fingerprint density at radius 2 is 1.89 bits per heavy atom. The molecule has 0 radical (unpaired) electrons.